The average molecular weight is 238 g/mol. The highest BCUT2D eigenvalue weighted by Crippen LogP contribution is 2.21. The third-order valence-electron chi connectivity index (χ3n) is 2.93. The number of rotatable bonds is 7. The van der Waals surface area contributed by atoms with E-state index in [2.05, 4.69) is 12.1 Å². The molecule has 0 heterocycles. The second-order valence-corrected chi connectivity index (χ2v) is 4.50. The van der Waals surface area contributed by atoms with Gasteiger partial charge in [0.25, 0.3) is 0 Å². The van der Waals surface area contributed by atoms with Gasteiger partial charge >= 0.3 is 0 Å². The molecule has 0 amide bonds. The number of aryl methyl sites for hydroxylation is 1. The van der Waals surface area contributed by atoms with E-state index < -0.39 is 11.9 Å². The molecule has 1 aromatic carbocycles. The number of hydrogen-bond donors (Lipinski definition) is 1. The van der Waals surface area contributed by atoms with Crippen LogP contribution in [0.4, 0.5) is 0 Å². The maximum atomic E-state index is 10.2. The van der Waals surface area contributed by atoms with E-state index in [9.17, 15) is 5.11 Å². The summed E-state index contributed by atoms with van der Waals surface area (Å²) in [4.78, 5) is 0. The first kappa shape index (κ1) is 14.2. The zero-order valence-corrected chi connectivity index (χ0v) is 10.8. The molecule has 1 N–H and O–H groups in total. The van der Waals surface area contributed by atoms with Gasteiger partial charge in [0.1, 0.15) is 5.60 Å². The van der Waals surface area contributed by atoms with Gasteiger partial charge in [-0.3, -0.25) is 0 Å². The highest BCUT2D eigenvalue weighted by Gasteiger charge is 2.31. The lowest BCUT2D eigenvalue weighted by molar-refractivity contribution is -0.210. The van der Waals surface area contributed by atoms with E-state index in [1.54, 1.807) is 21.1 Å². The van der Waals surface area contributed by atoms with Gasteiger partial charge in [-0.1, -0.05) is 30.3 Å². The monoisotopic (exact) mass is 238 g/mol. The van der Waals surface area contributed by atoms with Crippen molar-refractivity contribution in [3.63, 3.8) is 0 Å². The predicted octanol–water partition coefficient (Wildman–Crippen LogP) is 2.38. The van der Waals surface area contributed by atoms with Crippen molar-refractivity contribution in [3.8, 4) is 0 Å². The van der Waals surface area contributed by atoms with Crippen molar-refractivity contribution >= 4 is 0 Å². The van der Waals surface area contributed by atoms with Crippen molar-refractivity contribution in [2.75, 3.05) is 14.2 Å². The minimum atomic E-state index is -0.946. The van der Waals surface area contributed by atoms with E-state index in [0.717, 1.165) is 12.8 Å². The molecular formula is C14H22O3. The van der Waals surface area contributed by atoms with Gasteiger partial charge < -0.3 is 14.6 Å². The number of ether oxygens (including phenoxy) is 2. The SMILES string of the molecule is COC(OC)C(C)(O)CCCc1ccccc1. The molecule has 0 fully saturated rings. The van der Waals surface area contributed by atoms with Gasteiger partial charge in [-0.25, -0.2) is 0 Å². The van der Waals surface area contributed by atoms with E-state index in [1.807, 2.05) is 18.2 Å². The van der Waals surface area contributed by atoms with Crippen LogP contribution < -0.4 is 0 Å². The number of benzene rings is 1. The van der Waals surface area contributed by atoms with Crippen molar-refractivity contribution in [3.05, 3.63) is 35.9 Å². The van der Waals surface area contributed by atoms with Crippen LogP contribution in [0.1, 0.15) is 25.3 Å². The molecule has 1 atom stereocenters. The molecule has 1 unspecified atom stereocenters. The maximum absolute atomic E-state index is 10.2. The molecule has 1 rings (SSSR count). The Kier molecular flexibility index (Phi) is 5.62. The van der Waals surface area contributed by atoms with E-state index >= 15 is 0 Å². The summed E-state index contributed by atoms with van der Waals surface area (Å²) in [5.41, 5.74) is 0.341. The van der Waals surface area contributed by atoms with Gasteiger partial charge in [-0.05, 0) is 31.7 Å². The van der Waals surface area contributed by atoms with E-state index in [-0.39, 0.29) is 0 Å². The van der Waals surface area contributed by atoms with Crippen LogP contribution >= 0.6 is 0 Å². The van der Waals surface area contributed by atoms with Crippen molar-refractivity contribution in [1.29, 1.82) is 0 Å². The van der Waals surface area contributed by atoms with Crippen molar-refractivity contribution < 1.29 is 14.6 Å². The standard InChI is InChI=1S/C14H22O3/c1-14(15,13(16-2)17-3)11-7-10-12-8-5-4-6-9-12/h4-6,8-9,13,15H,7,10-11H2,1-3H3. The van der Waals surface area contributed by atoms with Crippen LogP contribution in [0.15, 0.2) is 30.3 Å². The third-order valence-corrected chi connectivity index (χ3v) is 2.93. The molecule has 0 spiro atoms. The van der Waals surface area contributed by atoms with Crippen LogP contribution in [-0.2, 0) is 15.9 Å². The van der Waals surface area contributed by atoms with Crippen LogP contribution in [-0.4, -0.2) is 31.2 Å². The molecule has 0 aliphatic heterocycles. The van der Waals surface area contributed by atoms with Gasteiger partial charge in [-0.2, -0.15) is 0 Å². The van der Waals surface area contributed by atoms with Gasteiger partial charge in [0.05, 0.1) is 0 Å². The fourth-order valence-electron chi connectivity index (χ4n) is 2.02. The lowest BCUT2D eigenvalue weighted by atomic mass is 9.96. The Bertz CT molecular complexity index is 305. The van der Waals surface area contributed by atoms with Gasteiger partial charge in [0, 0.05) is 14.2 Å². The molecule has 96 valence electrons. The zero-order chi connectivity index (χ0) is 12.7. The van der Waals surface area contributed by atoms with Crippen molar-refractivity contribution in [2.45, 2.75) is 38.1 Å². The fourth-order valence-corrected chi connectivity index (χ4v) is 2.02. The van der Waals surface area contributed by atoms with Crippen LogP contribution in [0.5, 0.6) is 0 Å². The van der Waals surface area contributed by atoms with Crippen molar-refractivity contribution in [2.24, 2.45) is 0 Å². The second kappa shape index (κ2) is 6.74. The third kappa shape index (κ3) is 4.46. The van der Waals surface area contributed by atoms with E-state index in [0.29, 0.717) is 6.42 Å². The lowest BCUT2D eigenvalue weighted by Crippen LogP contribution is -2.41. The molecular weight excluding hydrogens is 216 g/mol. The second-order valence-electron chi connectivity index (χ2n) is 4.50. The normalized spacial score (nSPS) is 14.9. The first-order valence-electron chi connectivity index (χ1n) is 5.92. The summed E-state index contributed by atoms with van der Waals surface area (Å²) in [6.07, 6.45) is 1.93. The first-order valence-corrected chi connectivity index (χ1v) is 5.92. The van der Waals surface area contributed by atoms with E-state index in [4.69, 9.17) is 9.47 Å². The van der Waals surface area contributed by atoms with Gasteiger partial charge in [0.2, 0.25) is 0 Å². The molecule has 0 bridgehead atoms. The zero-order valence-electron chi connectivity index (χ0n) is 10.8. The van der Waals surface area contributed by atoms with Gasteiger partial charge in [0.15, 0.2) is 6.29 Å². The number of hydrogen-bond acceptors (Lipinski definition) is 3. The molecule has 0 aliphatic rings. The van der Waals surface area contributed by atoms with Crippen molar-refractivity contribution in [1.82, 2.24) is 0 Å². The highest BCUT2D eigenvalue weighted by molar-refractivity contribution is 5.14. The van der Waals surface area contributed by atoms with Gasteiger partial charge in [-0.15, -0.1) is 0 Å². The van der Waals surface area contributed by atoms with Crippen LogP contribution in [0, 0.1) is 0 Å². The molecule has 3 nitrogen and oxygen atoms in total. The van der Waals surface area contributed by atoms with Crippen LogP contribution in [0.25, 0.3) is 0 Å². The van der Waals surface area contributed by atoms with E-state index in [1.165, 1.54) is 5.56 Å². The molecule has 1 aromatic rings. The maximum Gasteiger partial charge on any atom is 0.185 e. The molecule has 0 saturated heterocycles. The summed E-state index contributed by atoms with van der Waals surface area (Å²) in [6.45, 7) is 1.75. The summed E-state index contributed by atoms with van der Waals surface area (Å²) in [5.74, 6) is 0. The molecule has 0 saturated carbocycles. The Balaban J connectivity index is 2.39. The Labute approximate surface area is 103 Å². The summed E-state index contributed by atoms with van der Waals surface area (Å²) in [6, 6.07) is 10.3. The minimum absolute atomic E-state index is 0.571. The molecule has 3 heteroatoms. The topological polar surface area (TPSA) is 38.7 Å². The lowest BCUT2D eigenvalue weighted by Gasteiger charge is -2.30. The first-order chi connectivity index (χ1) is 8.10. The summed E-state index contributed by atoms with van der Waals surface area (Å²) in [5, 5.41) is 10.2. The predicted molar refractivity (Wildman–Crippen MR) is 67.8 cm³/mol. The quantitative estimate of drug-likeness (QED) is 0.741. The molecule has 0 aromatic heterocycles. The number of methoxy groups -OCH3 is 2. The summed E-state index contributed by atoms with van der Waals surface area (Å²) in [7, 11) is 3.08. The Morgan fingerprint density at radius 2 is 1.76 bits per heavy atom. The number of aliphatic hydroxyl groups is 1. The highest BCUT2D eigenvalue weighted by atomic mass is 16.7. The molecule has 0 radical (unpaired) electrons. The molecule has 17 heavy (non-hydrogen) atoms. The average Bonchev–Trinajstić information content (AvgIpc) is 2.31. The summed E-state index contributed by atoms with van der Waals surface area (Å²) >= 11 is 0. The summed E-state index contributed by atoms with van der Waals surface area (Å²) < 4.78 is 10.2. The Morgan fingerprint density at radius 3 is 2.29 bits per heavy atom. The van der Waals surface area contributed by atoms with Crippen LogP contribution in [0.3, 0.4) is 0 Å². The fraction of sp³-hybridized carbons (Fsp3) is 0.571. The Morgan fingerprint density at radius 1 is 1.18 bits per heavy atom. The largest absolute Gasteiger partial charge is 0.385 e. The molecule has 0 aliphatic carbocycles. The minimum Gasteiger partial charge on any atom is -0.385 e. The smallest absolute Gasteiger partial charge is 0.185 e. The van der Waals surface area contributed by atoms with Crippen LogP contribution in [0.2, 0.25) is 0 Å². The Hall–Kier alpha value is -0.900.